The Kier molecular flexibility index (Phi) is 18.9. The first-order valence-corrected chi connectivity index (χ1v) is 33.0. The van der Waals surface area contributed by atoms with E-state index in [0.717, 1.165) is 79.4 Å². The van der Waals surface area contributed by atoms with Gasteiger partial charge in [0.05, 0.1) is 31.1 Å². The van der Waals surface area contributed by atoms with Crippen molar-refractivity contribution in [3.8, 4) is 0 Å². The van der Waals surface area contributed by atoms with Crippen molar-refractivity contribution in [2.45, 2.75) is 214 Å². The van der Waals surface area contributed by atoms with Crippen molar-refractivity contribution in [1.29, 1.82) is 0 Å². The maximum absolute atomic E-state index is 15.2. The lowest BCUT2D eigenvalue weighted by Crippen LogP contribution is -2.53. The molecular formula is C48H87N5O6Si3. The molecule has 2 aromatic rings. The molecule has 14 heteroatoms. The summed E-state index contributed by atoms with van der Waals surface area (Å²) in [6.45, 7) is 35.2. The zero-order valence-electron chi connectivity index (χ0n) is 41.7. The maximum atomic E-state index is 15.2. The van der Waals surface area contributed by atoms with Crippen LogP contribution in [0.15, 0.2) is 36.3 Å². The van der Waals surface area contributed by atoms with Crippen LogP contribution in [0.5, 0.6) is 0 Å². The van der Waals surface area contributed by atoms with E-state index in [1.807, 2.05) is 53.8 Å². The van der Waals surface area contributed by atoms with Crippen LogP contribution in [0.3, 0.4) is 0 Å². The number of ketones is 1. The Balaban J connectivity index is 1.78. The molecule has 0 radical (unpaired) electrons. The van der Waals surface area contributed by atoms with E-state index < -0.39 is 42.3 Å². The van der Waals surface area contributed by atoms with Crippen molar-refractivity contribution < 1.29 is 27.9 Å². The Morgan fingerprint density at radius 2 is 1.55 bits per heavy atom. The fourth-order valence-electron chi connectivity index (χ4n) is 9.92. The van der Waals surface area contributed by atoms with Crippen LogP contribution in [0, 0.1) is 17.3 Å². The standard InChI is InChI=1S/C48H87N5O6Si3/c1-16-61(17-2,18-3)58-43-34-44(54)57-41(38(8)32-40-25-29-52(50-40)35-51-28-23-27-49-51)33-42-48(12,53(42)36-56-30-31-60(13,14)15)26-22-24-37(7)45(39(9)46(55)47(43,10)11)59-62(19-4,20-5)21-6/h23,25,27-29,32,37,39,41-43,45H,16-22,24,26,30-31,33-36H2,1-15H3/b38-32+/t37-,39+,41-,42-,43-,45-,48+,53?/m0/s1. The van der Waals surface area contributed by atoms with Crippen LogP contribution in [0.1, 0.15) is 121 Å². The van der Waals surface area contributed by atoms with Crippen molar-refractivity contribution in [2.75, 3.05) is 13.3 Å². The summed E-state index contributed by atoms with van der Waals surface area (Å²) in [6, 6.07) is 11.0. The highest BCUT2D eigenvalue weighted by atomic mass is 28.4. The molecule has 2 aliphatic heterocycles. The van der Waals surface area contributed by atoms with Gasteiger partial charge in [0.15, 0.2) is 16.6 Å². The van der Waals surface area contributed by atoms with Gasteiger partial charge in [-0.1, -0.05) is 95.3 Å². The predicted octanol–water partition coefficient (Wildman–Crippen LogP) is 11.3. The van der Waals surface area contributed by atoms with Gasteiger partial charge in [-0.25, -0.2) is 0 Å². The van der Waals surface area contributed by atoms with Gasteiger partial charge in [0.25, 0.3) is 0 Å². The first-order chi connectivity index (χ1) is 29.2. The van der Waals surface area contributed by atoms with Crippen LogP contribution in [0.2, 0.25) is 61.9 Å². The van der Waals surface area contributed by atoms with Crippen molar-refractivity contribution in [3.05, 3.63) is 42.0 Å². The van der Waals surface area contributed by atoms with E-state index in [-0.39, 0.29) is 47.7 Å². The second-order valence-corrected chi connectivity index (χ2v) is 36.0. The second-order valence-electron chi connectivity index (χ2n) is 20.9. The van der Waals surface area contributed by atoms with Crippen LogP contribution in [0.25, 0.3) is 6.08 Å². The Morgan fingerprint density at radius 3 is 2.13 bits per heavy atom. The summed E-state index contributed by atoms with van der Waals surface area (Å²) in [7, 11) is -5.62. The van der Waals surface area contributed by atoms with Gasteiger partial charge in [-0.2, -0.15) is 10.2 Å². The van der Waals surface area contributed by atoms with Gasteiger partial charge in [0.1, 0.15) is 18.6 Å². The highest BCUT2D eigenvalue weighted by Crippen LogP contribution is 2.49. The third-order valence-electron chi connectivity index (χ3n) is 15.3. The number of rotatable bonds is 19. The highest BCUT2D eigenvalue weighted by molar-refractivity contribution is 6.76. The van der Waals surface area contributed by atoms with Crippen LogP contribution in [-0.4, -0.2) is 104 Å². The summed E-state index contributed by atoms with van der Waals surface area (Å²) in [5.74, 6) is -0.397. The van der Waals surface area contributed by atoms with Gasteiger partial charge in [-0.3, -0.25) is 23.9 Å². The number of ether oxygens (including phenoxy) is 2. The van der Waals surface area contributed by atoms with E-state index in [9.17, 15) is 4.79 Å². The number of nitrogens with zero attached hydrogens (tertiary/aromatic N) is 5. The molecule has 2 aromatic heterocycles. The Morgan fingerprint density at radius 1 is 0.919 bits per heavy atom. The van der Waals surface area contributed by atoms with E-state index in [2.05, 4.69) is 98.9 Å². The molecule has 0 aromatic carbocycles. The Hall–Kier alpha value is -2.21. The molecule has 4 rings (SSSR count). The van der Waals surface area contributed by atoms with Crippen molar-refractivity contribution in [1.82, 2.24) is 24.5 Å². The minimum absolute atomic E-state index is 0.00653. The number of Topliss-reactive ketones (excluding diaryl/α,β-unsaturated/α-hetero) is 1. The summed E-state index contributed by atoms with van der Waals surface area (Å²) in [4.78, 5) is 32.4. The SMILES string of the molecule is CC[Si](CC)(CC)O[C@H]1[C@@H](C)CCC[C@]2(C)[C@H](C[C@@H](/C(C)=C/c3ccn(Cn4cccn4)n3)OC(=O)C[C@H](O[Si](CC)(CC)CC)C(C)(C)C(=O)[C@@H]1C)N2COCC[Si](C)(C)C. The van der Waals surface area contributed by atoms with E-state index >= 15 is 4.79 Å². The molecule has 0 spiro atoms. The third-order valence-corrected chi connectivity index (χ3v) is 26.3. The lowest BCUT2D eigenvalue weighted by molar-refractivity contribution is -0.153. The van der Waals surface area contributed by atoms with Gasteiger partial charge < -0.3 is 18.3 Å². The predicted molar refractivity (Wildman–Crippen MR) is 261 cm³/mol. The van der Waals surface area contributed by atoms with Gasteiger partial charge in [0, 0.05) is 62.6 Å². The smallest absolute Gasteiger partial charge is 0.309 e. The van der Waals surface area contributed by atoms with Gasteiger partial charge in [0.2, 0.25) is 0 Å². The van der Waals surface area contributed by atoms with Crippen molar-refractivity contribution in [2.24, 2.45) is 17.3 Å². The number of hydrogen-bond acceptors (Lipinski definition) is 9. The first kappa shape index (κ1) is 52.4. The third kappa shape index (κ3) is 13.2. The Bertz CT molecular complexity index is 1720. The molecule has 4 heterocycles. The monoisotopic (exact) mass is 914 g/mol. The van der Waals surface area contributed by atoms with Crippen molar-refractivity contribution >= 4 is 42.5 Å². The summed E-state index contributed by atoms with van der Waals surface area (Å²) >= 11 is 0. The van der Waals surface area contributed by atoms with Crippen LogP contribution in [-0.2, 0) is 34.6 Å². The van der Waals surface area contributed by atoms with Crippen LogP contribution in [0.4, 0.5) is 0 Å². The fourth-order valence-corrected chi connectivity index (χ4v) is 16.7. The lowest BCUT2D eigenvalue weighted by atomic mass is 9.73. The fraction of sp³-hybridized carbons (Fsp3) is 0.792. The molecule has 0 saturated carbocycles. The molecule has 2 aliphatic rings. The lowest BCUT2D eigenvalue weighted by Gasteiger charge is -2.44. The zero-order valence-corrected chi connectivity index (χ0v) is 44.7. The summed E-state index contributed by atoms with van der Waals surface area (Å²) < 4.78 is 31.4. The van der Waals surface area contributed by atoms with Crippen molar-refractivity contribution in [3.63, 3.8) is 0 Å². The number of cyclic esters (lactones) is 1. The molecule has 2 saturated heterocycles. The average Bonchev–Trinajstić information content (AvgIpc) is 3.63. The summed E-state index contributed by atoms with van der Waals surface area (Å²) in [6.07, 6.45) is 9.92. The van der Waals surface area contributed by atoms with E-state index in [1.165, 1.54) is 0 Å². The number of hydrogen-bond donors (Lipinski definition) is 0. The summed E-state index contributed by atoms with van der Waals surface area (Å²) in [5, 5.41) is 9.16. The van der Waals surface area contributed by atoms with E-state index in [0.29, 0.717) is 19.8 Å². The number of esters is 1. The topological polar surface area (TPSA) is 110 Å². The highest BCUT2D eigenvalue weighted by Gasteiger charge is 2.59. The minimum Gasteiger partial charge on any atom is -0.458 e. The molecular weight excluding hydrogens is 827 g/mol. The molecule has 1 unspecified atom stereocenters. The molecule has 0 bridgehead atoms. The first-order valence-electron chi connectivity index (χ1n) is 24.3. The molecule has 2 fully saturated rings. The largest absolute Gasteiger partial charge is 0.458 e. The Labute approximate surface area is 379 Å². The molecule has 0 amide bonds. The number of carbonyl (C=O) groups is 2. The number of fused-ring (bicyclic) bond motifs is 1. The van der Waals surface area contributed by atoms with Crippen LogP contribution < -0.4 is 0 Å². The van der Waals surface area contributed by atoms with E-state index in [1.54, 1.807) is 6.20 Å². The quantitative estimate of drug-likeness (QED) is 0.0589. The van der Waals surface area contributed by atoms with Gasteiger partial charge in [-0.15, -0.1) is 0 Å². The molecule has 8 atom stereocenters. The minimum atomic E-state index is -2.28. The zero-order chi connectivity index (χ0) is 46.1. The van der Waals surface area contributed by atoms with Gasteiger partial charge >= 0.3 is 5.97 Å². The molecule has 0 aliphatic carbocycles. The normalized spacial score (nSPS) is 28.4. The van der Waals surface area contributed by atoms with Crippen LogP contribution >= 0.6 is 0 Å². The molecule has 11 nitrogen and oxygen atoms in total. The second kappa shape index (κ2) is 22.3. The van der Waals surface area contributed by atoms with E-state index in [4.69, 9.17) is 23.4 Å². The molecule has 0 N–H and O–H groups in total. The summed E-state index contributed by atoms with van der Waals surface area (Å²) in [5.41, 5.74) is 0.648. The van der Waals surface area contributed by atoms with Gasteiger partial charge in [-0.05, 0) is 98.7 Å². The average molecular weight is 915 g/mol. The maximum Gasteiger partial charge on any atom is 0.309 e. The molecule has 62 heavy (non-hydrogen) atoms. The molecule has 352 valence electrons. The number of aromatic nitrogens is 4. The number of carbonyl (C=O) groups excluding carboxylic acids is 2.